The third-order valence-corrected chi connectivity index (χ3v) is 4.65. The van der Waals surface area contributed by atoms with E-state index in [1.807, 2.05) is 38.1 Å². The molecule has 0 aliphatic heterocycles. The van der Waals surface area contributed by atoms with Gasteiger partial charge in [0, 0.05) is 34.9 Å². The van der Waals surface area contributed by atoms with Gasteiger partial charge in [-0.3, -0.25) is 4.98 Å². The van der Waals surface area contributed by atoms with Gasteiger partial charge in [0.05, 0.1) is 22.0 Å². The normalized spacial score (nSPS) is 14.4. The second-order valence-electron chi connectivity index (χ2n) is 5.42. The van der Waals surface area contributed by atoms with Gasteiger partial charge in [-0.25, -0.2) is 9.97 Å². The molecule has 0 aromatic carbocycles. The largest absolute Gasteiger partial charge is 0.326 e. The van der Waals surface area contributed by atoms with E-state index < -0.39 is 0 Å². The lowest BCUT2D eigenvalue weighted by atomic mass is 10.1. The van der Waals surface area contributed by atoms with Crippen LogP contribution in [0.1, 0.15) is 31.1 Å². The first kappa shape index (κ1) is 15.7. The Labute approximate surface area is 139 Å². The molecular weight excluding hydrogens is 306 g/mol. The molecule has 0 aliphatic carbocycles. The van der Waals surface area contributed by atoms with Crippen molar-refractivity contribution >= 4 is 27.6 Å². The highest BCUT2D eigenvalue weighted by Crippen LogP contribution is 2.32. The molecule has 0 saturated carbocycles. The fraction of sp³-hybridized carbons (Fsp3) is 0.235. The lowest BCUT2D eigenvalue weighted by Crippen LogP contribution is -2.32. The zero-order valence-corrected chi connectivity index (χ0v) is 13.9. The SMILES string of the molecule is CC=Cc1csc2c(C(N)C(C)N)nc(-c3ccncc3)nc12. The fourth-order valence-electron chi connectivity index (χ4n) is 2.36. The first-order valence-electron chi connectivity index (χ1n) is 7.45. The van der Waals surface area contributed by atoms with Crippen molar-refractivity contribution in [2.24, 2.45) is 11.5 Å². The Morgan fingerprint density at radius 1 is 1.17 bits per heavy atom. The third kappa shape index (κ3) is 3.01. The molecule has 0 radical (unpaired) electrons. The van der Waals surface area contributed by atoms with Gasteiger partial charge < -0.3 is 11.5 Å². The summed E-state index contributed by atoms with van der Waals surface area (Å²) >= 11 is 1.61. The number of allylic oxidation sites excluding steroid dienone is 1. The summed E-state index contributed by atoms with van der Waals surface area (Å²) in [6, 6.07) is 3.26. The number of thiophene rings is 1. The molecule has 2 unspecified atom stereocenters. The van der Waals surface area contributed by atoms with Gasteiger partial charge in [-0.05, 0) is 26.0 Å². The number of pyridine rings is 1. The van der Waals surface area contributed by atoms with Gasteiger partial charge in [0.1, 0.15) is 0 Å². The second-order valence-corrected chi connectivity index (χ2v) is 6.30. The molecule has 3 heterocycles. The van der Waals surface area contributed by atoms with Crippen molar-refractivity contribution in [3.63, 3.8) is 0 Å². The Morgan fingerprint density at radius 2 is 1.91 bits per heavy atom. The summed E-state index contributed by atoms with van der Waals surface area (Å²) in [6.45, 7) is 3.88. The minimum Gasteiger partial charge on any atom is -0.326 e. The zero-order chi connectivity index (χ0) is 16.4. The van der Waals surface area contributed by atoms with Gasteiger partial charge >= 0.3 is 0 Å². The molecule has 3 aromatic rings. The van der Waals surface area contributed by atoms with E-state index in [1.54, 1.807) is 23.7 Å². The van der Waals surface area contributed by atoms with E-state index in [4.69, 9.17) is 21.4 Å². The molecule has 0 spiro atoms. The van der Waals surface area contributed by atoms with E-state index in [1.165, 1.54) is 0 Å². The van der Waals surface area contributed by atoms with Crippen molar-refractivity contribution in [3.8, 4) is 11.4 Å². The molecule has 23 heavy (non-hydrogen) atoms. The topological polar surface area (TPSA) is 90.7 Å². The lowest BCUT2D eigenvalue weighted by molar-refractivity contribution is 0.579. The summed E-state index contributed by atoms with van der Waals surface area (Å²) in [7, 11) is 0. The maximum atomic E-state index is 6.30. The van der Waals surface area contributed by atoms with Gasteiger partial charge in [0.2, 0.25) is 0 Å². The molecule has 2 atom stereocenters. The Bertz CT molecular complexity index is 839. The van der Waals surface area contributed by atoms with Crippen molar-refractivity contribution in [2.45, 2.75) is 25.9 Å². The van der Waals surface area contributed by atoms with E-state index in [9.17, 15) is 0 Å². The number of rotatable bonds is 4. The van der Waals surface area contributed by atoms with Crippen LogP contribution in [0.2, 0.25) is 0 Å². The van der Waals surface area contributed by atoms with E-state index in [2.05, 4.69) is 10.4 Å². The smallest absolute Gasteiger partial charge is 0.160 e. The fourth-order valence-corrected chi connectivity index (χ4v) is 3.37. The maximum Gasteiger partial charge on any atom is 0.160 e. The summed E-state index contributed by atoms with van der Waals surface area (Å²) in [5.41, 5.74) is 16.0. The molecule has 0 aliphatic rings. The lowest BCUT2D eigenvalue weighted by Gasteiger charge is -2.16. The summed E-state index contributed by atoms with van der Waals surface area (Å²) in [5.74, 6) is 0.648. The van der Waals surface area contributed by atoms with Crippen molar-refractivity contribution < 1.29 is 0 Å². The number of nitrogens with zero attached hydrogens (tertiary/aromatic N) is 3. The quantitative estimate of drug-likeness (QED) is 0.769. The first-order valence-corrected chi connectivity index (χ1v) is 8.33. The predicted molar refractivity (Wildman–Crippen MR) is 95.9 cm³/mol. The Balaban J connectivity index is 2.28. The number of nitrogens with two attached hydrogens (primary N) is 2. The summed E-state index contributed by atoms with van der Waals surface area (Å²) in [5, 5.41) is 2.08. The van der Waals surface area contributed by atoms with Crippen molar-refractivity contribution in [1.82, 2.24) is 15.0 Å². The molecule has 118 valence electrons. The van der Waals surface area contributed by atoms with Gasteiger partial charge in [0.25, 0.3) is 0 Å². The van der Waals surface area contributed by atoms with Crippen LogP contribution in [0.25, 0.3) is 27.7 Å². The molecule has 0 fully saturated rings. The zero-order valence-electron chi connectivity index (χ0n) is 13.1. The molecule has 0 amide bonds. The molecule has 6 heteroatoms. The Morgan fingerprint density at radius 3 is 2.57 bits per heavy atom. The second kappa shape index (κ2) is 6.54. The maximum absolute atomic E-state index is 6.30. The van der Waals surface area contributed by atoms with E-state index in [0.717, 1.165) is 27.0 Å². The van der Waals surface area contributed by atoms with Gasteiger partial charge in [-0.15, -0.1) is 11.3 Å². The van der Waals surface area contributed by atoms with Crippen molar-refractivity contribution in [3.05, 3.63) is 47.2 Å². The summed E-state index contributed by atoms with van der Waals surface area (Å²) < 4.78 is 1.00. The van der Waals surface area contributed by atoms with Gasteiger partial charge in [-0.2, -0.15) is 0 Å². The third-order valence-electron chi connectivity index (χ3n) is 3.64. The highest BCUT2D eigenvalue weighted by atomic mass is 32.1. The standard InChI is InChI=1S/C17H19N5S/c1-3-4-12-9-23-16-14(12)21-17(11-5-7-20-8-6-11)22-15(16)13(19)10(2)18/h3-10,13H,18-19H2,1-2H3. The van der Waals surface area contributed by atoms with Gasteiger partial charge in [-0.1, -0.05) is 12.2 Å². The van der Waals surface area contributed by atoms with Crippen LogP contribution in [0, 0.1) is 0 Å². The Kier molecular flexibility index (Phi) is 4.47. The summed E-state index contributed by atoms with van der Waals surface area (Å²) in [6.07, 6.45) is 7.51. The molecule has 4 N–H and O–H groups in total. The minimum absolute atomic E-state index is 0.189. The molecule has 3 aromatic heterocycles. The number of hydrogen-bond acceptors (Lipinski definition) is 6. The van der Waals surface area contributed by atoms with Crippen LogP contribution in [-0.2, 0) is 0 Å². The van der Waals surface area contributed by atoms with Crippen LogP contribution in [0.3, 0.4) is 0 Å². The number of hydrogen-bond donors (Lipinski definition) is 2. The molecule has 3 rings (SSSR count). The van der Waals surface area contributed by atoms with Crippen LogP contribution >= 0.6 is 11.3 Å². The highest BCUT2D eigenvalue weighted by molar-refractivity contribution is 7.17. The number of fused-ring (bicyclic) bond motifs is 1. The predicted octanol–water partition coefficient (Wildman–Crippen LogP) is 3.13. The van der Waals surface area contributed by atoms with E-state index in [0.29, 0.717) is 5.82 Å². The molecule has 0 saturated heterocycles. The van der Waals surface area contributed by atoms with Crippen LogP contribution in [-0.4, -0.2) is 21.0 Å². The average molecular weight is 325 g/mol. The average Bonchev–Trinajstić information content (AvgIpc) is 2.97. The highest BCUT2D eigenvalue weighted by Gasteiger charge is 2.20. The van der Waals surface area contributed by atoms with Crippen molar-refractivity contribution in [2.75, 3.05) is 0 Å². The minimum atomic E-state index is -0.335. The molecular formula is C17H19N5S. The van der Waals surface area contributed by atoms with Crippen molar-refractivity contribution in [1.29, 1.82) is 0 Å². The summed E-state index contributed by atoms with van der Waals surface area (Å²) in [4.78, 5) is 13.5. The first-order chi connectivity index (χ1) is 11.1. The van der Waals surface area contributed by atoms with Crippen LogP contribution in [0.5, 0.6) is 0 Å². The monoisotopic (exact) mass is 325 g/mol. The van der Waals surface area contributed by atoms with Crippen LogP contribution in [0.15, 0.2) is 36.0 Å². The van der Waals surface area contributed by atoms with Crippen LogP contribution in [0.4, 0.5) is 0 Å². The number of aromatic nitrogens is 3. The molecule has 0 bridgehead atoms. The molecule has 5 nitrogen and oxygen atoms in total. The Hall–Kier alpha value is -2.15. The van der Waals surface area contributed by atoms with E-state index in [-0.39, 0.29) is 12.1 Å². The van der Waals surface area contributed by atoms with E-state index >= 15 is 0 Å². The van der Waals surface area contributed by atoms with Crippen LogP contribution < -0.4 is 11.5 Å². The van der Waals surface area contributed by atoms with Gasteiger partial charge in [0.15, 0.2) is 5.82 Å².